The van der Waals surface area contributed by atoms with Crippen molar-refractivity contribution in [2.75, 3.05) is 13.1 Å². The molecular weight excluding hydrogens is 330 g/mol. The molecule has 1 aromatic rings. The van der Waals surface area contributed by atoms with E-state index in [4.69, 9.17) is 4.84 Å². The number of amides is 1. The first kappa shape index (κ1) is 16.1. The van der Waals surface area contributed by atoms with Gasteiger partial charge in [-0.15, -0.1) is 0 Å². The highest BCUT2D eigenvalue weighted by Gasteiger charge is 2.63. The molecule has 2 unspecified atom stereocenters. The second kappa shape index (κ2) is 5.24. The minimum absolute atomic E-state index is 0.0549. The van der Waals surface area contributed by atoms with E-state index in [1.807, 2.05) is 15.7 Å². The van der Waals surface area contributed by atoms with Crippen molar-refractivity contribution in [1.29, 1.82) is 0 Å². The van der Waals surface area contributed by atoms with Gasteiger partial charge in [0.1, 0.15) is 5.69 Å². The first-order valence-corrected chi connectivity index (χ1v) is 9.75. The Morgan fingerprint density at radius 3 is 2.54 bits per heavy atom. The molecule has 0 bridgehead atoms. The first-order chi connectivity index (χ1) is 12.4. The second-order valence-electron chi connectivity index (χ2n) is 8.95. The van der Waals surface area contributed by atoms with E-state index in [1.54, 1.807) is 6.33 Å². The number of rotatable bonds is 4. The molecular formula is C19H27N5O2. The van der Waals surface area contributed by atoms with Crippen LogP contribution in [0.2, 0.25) is 0 Å². The average Bonchev–Trinajstić information content (AvgIpc) is 3.35. The molecule has 0 aromatic carbocycles. The van der Waals surface area contributed by atoms with Crippen LogP contribution < -0.4 is 0 Å². The van der Waals surface area contributed by atoms with Crippen LogP contribution in [0.4, 0.5) is 0 Å². The van der Waals surface area contributed by atoms with E-state index in [0.717, 1.165) is 18.9 Å². The van der Waals surface area contributed by atoms with Crippen LogP contribution in [0.1, 0.15) is 57.1 Å². The number of likely N-dealkylation sites (tertiary alicyclic amines) is 1. The zero-order chi connectivity index (χ0) is 18.2. The molecule has 140 valence electrons. The molecule has 0 N–H and O–H groups in total. The normalized spacial score (nSPS) is 31.9. The van der Waals surface area contributed by atoms with Crippen LogP contribution in [-0.4, -0.2) is 56.0 Å². The number of hydrogen-bond acceptors (Lipinski definition) is 5. The maximum atomic E-state index is 12.7. The lowest BCUT2D eigenvalue weighted by Gasteiger charge is -2.32. The Morgan fingerprint density at radius 2 is 1.96 bits per heavy atom. The Balaban J connectivity index is 1.25. The van der Waals surface area contributed by atoms with Gasteiger partial charge in [-0.1, -0.05) is 5.16 Å². The minimum atomic E-state index is -0.327. The molecule has 2 aliphatic carbocycles. The molecule has 5 rings (SSSR count). The van der Waals surface area contributed by atoms with Gasteiger partial charge in [-0.2, -0.15) is 0 Å². The van der Waals surface area contributed by atoms with Gasteiger partial charge in [-0.3, -0.25) is 4.79 Å². The topological polar surface area (TPSA) is 63.0 Å². The van der Waals surface area contributed by atoms with Crippen molar-refractivity contribution in [2.24, 2.45) is 22.9 Å². The van der Waals surface area contributed by atoms with Crippen molar-refractivity contribution in [1.82, 2.24) is 19.4 Å². The van der Waals surface area contributed by atoms with E-state index >= 15 is 0 Å². The van der Waals surface area contributed by atoms with E-state index in [9.17, 15) is 4.79 Å². The summed E-state index contributed by atoms with van der Waals surface area (Å²) in [5.74, 6) is 2.67. The summed E-state index contributed by atoms with van der Waals surface area (Å²) < 4.78 is 1.98. The van der Waals surface area contributed by atoms with Gasteiger partial charge >= 0.3 is 0 Å². The van der Waals surface area contributed by atoms with Gasteiger partial charge in [0.05, 0.1) is 6.33 Å². The molecule has 1 saturated heterocycles. The summed E-state index contributed by atoms with van der Waals surface area (Å²) in [4.78, 5) is 27.1. The van der Waals surface area contributed by atoms with Gasteiger partial charge < -0.3 is 19.2 Å². The Labute approximate surface area is 154 Å². The smallest absolute Gasteiger partial charge is 0.274 e. The molecule has 2 atom stereocenters. The SMILES string of the molecule is CC(C)n1cnc(C(=O)N2CC3C(C2)C3C2=NOC(C)(C)N2C2CC2)c1. The lowest BCUT2D eigenvalue weighted by Crippen LogP contribution is -2.47. The highest BCUT2D eigenvalue weighted by Crippen LogP contribution is 2.55. The number of carbonyl (C=O) groups is 1. The largest absolute Gasteiger partial charge is 0.366 e. The molecule has 7 nitrogen and oxygen atoms in total. The Kier molecular flexibility index (Phi) is 3.25. The third kappa shape index (κ3) is 2.36. The summed E-state index contributed by atoms with van der Waals surface area (Å²) in [6, 6.07) is 0.905. The standard InChI is InChI=1S/C19H27N5O2/c1-11(2)23-9-15(20-10-23)18(25)22-7-13-14(8-22)16(13)17-21-26-19(3,4)24(17)12-5-6-12/h9-14,16H,5-8H2,1-4H3. The highest BCUT2D eigenvalue weighted by atomic mass is 16.7. The average molecular weight is 357 g/mol. The number of fused-ring (bicyclic) bond motifs is 1. The van der Waals surface area contributed by atoms with Crippen LogP contribution in [0.5, 0.6) is 0 Å². The van der Waals surface area contributed by atoms with Crippen molar-refractivity contribution in [3.05, 3.63) is 18.2 Å². The van der Waals surface area contributed by atoms with E-state index in [0.29, 0.717) is 35.5 Å². The summed E-state index contributed by atoms with van der Waals surface area (Å²) >= 11 is 0. The Bertz CT molecular complexity index is 767. The number of nitrogens with zero attached hydrogens (tertiary/aromatic N) is 5. The minimum Gasteiger partial charge on any atom is -0.366 e. The molecule has 3 heterocycles. The van der Waals surface area contributed by atoms with E-state index in [1.165, 1.54) is 12.8 Å². The van der Waals surface area contributed by atoms with Crippen molar-refractivity contribution in [3.63, 3.8) is 0 Å². The van der Waals surface area contributed by atoms with Gasteiger partial charge in [-0.05, 0) is 52.4 Å². The number of hydrogen-bond donors (Lipinski definition) is 0. The van der Waals surface area contributed by atoms with Crippen LogP contribution in [0, 0.1) is 17.8 Å². The van der Waals surface area contributed by atoms with Crippen LogP contribution in [-0.2, 0) is 4.84 Å². The Hall–Kier alpha value is -2.05. The number of imidazole rings is 1. The predicted octanol–water partition coefficient (Wildman–Crippen LogP) is 2.33. The van der Waals surface area contributed by atoms with Crippen LogP contribution in [0.15, 0.2) is 17.7 Å². The van der Waals surface area contributed by atoms with Crippen LogP contribution in [0.25, 0.3) is 0 Å². The fourth-order valence-electron chi connectivity index (χ4n) is 4.67. The van der Waals surface area contributed by atoms with Crippen molar-refractivity contribution >= 4 is 11.7 Å². The van der Waals surface area contributed by atoms with Gasteiger partial charge in [0.15, 0.2) is 5.84 Å². The fraction of sp³-hybridized carbons (Fsp3) is 0.737. The molecule has 1 aromatic heterocycles. The summed E-state index contributed by atoms with van der Waals surface area (Å²) in [6.07, 6.45) is 6.08. The third-order valence-electron chi connectivity index (χ3n) is 6.30. The second-order valence-corrected chi connectivity index (χ2v) is 8.95. The van der Waals surface area contributed by atoms with Gasteiger partial charge in [-0.25, -0.2) is 4.98 Å². The molecule has 7 heteroatoms. The van der Waals surface area contributed by atoms with Crippen molar-refractivity contribution in [2.45, 2.75) is 58.3 Å². The number of amidine groups is 1. The summed E-state index contributed by atoms with van der Waals surface area (Å²) in [6.45, 7) is 9.98. The zero-order valence-electron chi connectivity index (χ0n) is 15.9. The molecule has 0 spiro atoms. The number of carbonyl (C=O) groups excluding carboxylic acids is 1. The molecule has 4 aliphatic rings. The fourth-order valence-corrected chi connectivity index (χ4v) is 4.67. The van der Waals surface area contributed by atoms with Gasteiger partial charge in [0, 0.05) is 37.3 Å². The number of piperidine rings is 1. The quantitative estimate of drug-likeness (QED) is 0.830. The lowest BCUT2D eigenvalue weighted by atomic mass is 10.1. The maximum absolute atomic E-state index is 12.7. The molecule has 1 amide bonds. The van der Waals surface area contributed by atoms with Crippen LogP contribution >= 0.6 is 0 Å². The number of aromatic nitrogens is 2. The first-order valence-electron chi connectivity index (χ1n) is 9.75. The van der Waals surface area contributed by atoms with Gasteiger partial charge in [0.25, 0.3) is 5.91 Å². The Morgan fingerprint density at radius 1 is 1.27 bits per heavy atom. The third-order valence-corrected chi connectivity index (χ3v) is 6.30. The summed E-state index contributed by atoms with van der Waals surface area (Å²) in [5.41, 5.74) is 0.228. The molecule has 3 fully saturated rings. The molecule has 26 heavy (non-hydrogen) atoms. The van der Waals surface area contributed by atoms with Crippen molar-refractivity contribution in [3.8, 4) is 0 Å². The predicted molar refractivity (Wildman–Crippen MR) is 96.4 cm³/mol. The van der Waals surface area contributed by atoms with Gasteiger partial charge in [0.2, 0.25) is 5.72 Å². The number of oxime groups is 1. The maximum Gasteiger partial charge on any atom is 0.274 e. The van der Waals surface area contributed by atoms with E-state index in [-0.39, 0.29) is 11.6 Å². The van der Waals surface area contributed by atoms with E-state index < -0.39 is 0 Å². The molecule has 2 saturated carbocycles. The van der Waals surface area contributed by atoms with E-state index in [2.05, 4.69) is 42.7 Å². The summed E-state index contributed by atoms with van der Waals surface area (Å²) in [5, 5.41) is 4.45. The zero-order valence-corrected chi connectivity index (χ0v) is 15.9. The lowest BCUT2D eigenvalue weighted by molar-refractivity contribution is -0.0718. The van der Waals surface area contributed by atoms with Crippen molar-refractivity contribution < 1.29 is 9.63 Å². The molecule has 0 radical (unpaired) electrons. The summed E-state index contributed by atoms with van der Waals surface area (Å²) in [7, 11) is 0. The van der Waals surface area contributed by atoms with Crippen LogP contribution in [0.3, 0.4) is 0 Å². The monoisotopic (exact) mass is 357 g/mol. The highest BCUT2D eigenvalue weighted by molar-refractivity contribution is 5.94. The molecule has 2 aliphatic heterocycles.